The second-order valence-electron chi connectivity index (χ2n) is 20.4. The number of hydrogen-bond donors (Lipinski definition) is 2. The van der Waals surface area contributed by atoms with Gasteiger partial charge in [0.2, 0.25) is 0 Å². The molecule has 0 aromatic heterocycles. The van der Waals surface area contributed by atoms with Gasteiger partial charge >= 0.3 is 0 Å². The highest BCUT2D eigenvalue weighted by atomic mass is 16.3. The van der Waals surface area contributed by atoms with Crippen molar-refractivity contribution in [1.29, 1.82) is 0 Å². The van der Waals surface area contributed by atoms with Crippen LogP contribution < -0.4 is 9.80 Å². The number of anilines is 2. The molecule has 0 radical (unpaired) electrons. The van der Waals surface area contributed by atoms with Gasteiger partial charge in [-0.15, -0.1) is 0 Å². The average Bonchev–Trinajstić information content (AvgIpc) is 3.85. The van der Waals surface area contributed by atoms with Crippen LogP contribution in [-0.4, -0.2) is 45.1 Å². The Hall–Kier alpha value is -3.08. The lowest BCUT2D eigenvalue weighted by Crippen LogP contribution is -2.66. The van der Waals surface area contributed by atoms with Crippen LogP contribution >= 0.6 is 0 Å². The van der Waals surface area contributed by atoms with E-state index in [2.05, 4.69) is 138 Å². The van der Waals surface area contributed by atoms with E-state index in [0.29, 0.717) is 0 Å². The number of aliphatic hydroxyl groups excluding tert-OH is 2. The second-order valence-corrected chi connectivity index (χ2v) is 20.4. The third kappa shape index (κ3) is 4.58. The third-order valence-corrected chi connectivity index (χ3v) is 15.7. The molecule has 1 spiro atoms. The van der Waals surface area contributed by atoms with E-state index in [9.17, 15) is 10.2 Å². The molecule has 4 aromatic carbocycles. The van der Waals surface area contributed by atoms with E-state index in [1.54, 1.807) is 0 Å². The van der Waals surface area contributed by atoms with E-state index in [1.807, 2.05) is 0 Å². The Labute approximate surface area is 312 Å². The molecule has 2 saturated heterocycles. The third-order valence-electron chi connectivity index (χ3n) is 15.7. The molecule has 276 valence electrons. The summed E-state index contributed by atoms with van der Waals surface area (Å²) in [7, 11) is 0. The van der Waals surface area contributed by atoms with Crippen molar-refractivity contribution in [2.75, 3.05) is 16.4 Å². The highest BCUT2D eigenvalue weighted by Gasteiger charge is 2.78. The summed E-state index contributed by atoms with van der Waals surface area (Å²) >= 11 is 0. The smallest absolute Gasteiger partial charge is 0.0648 e. The van der Waals surface area contributed by atoms with Gasteiger partial charge < -0.3 is 20.0 Å². The van der Waals surface area contributed by atoms with Crippen molar-refractivity contribution in [1.82, 2.24) is 0 Å². The van der Waals surface area contributed by atoms with Gasteiger partial charge in [0.15, 0.2) is 0 Å². The zero-order valence-corrected chi connectivity index (χ0v) is 33.1. The number of piperidine rings is 2. The fraction of sp³-hybridized carbons (Fsp3) is 0.583. The van der Waals surface area contributed by atoms with Crippen LogP contribution in [0.5, 0.6) is 0 Å². The van der Waals surface area contributed by atoms with E-state index in [4.69, 9.17) is 0 Å². The van der Waals surface area contributed by atoms with E-state index in [1.165, 1.54) is 82.6 Å². The van der Waals surface area contributed by atoms with E-state index in [-0.39, 0.29) is 57.3 Å². The molecule has 4 heteroatoms. The molecular formula is C48H62N2O2. The van der Waals surface area contributed by atoms with E-state index < -0.39 is 6.10 Å². The molecule has 2 heterocycles. The molecular weight excluding hydrogens is 637 g/mol. The average molecular weight is 699 g/mol. The first kappa shape index (κ1) is 34.7. The molecule has 6 aliphatic rings. The Morgan fingerprint density at radius 3 is 1.35 bits per heavy atom. The minimum Gasteiger partial charge on any atom is -0.396 e. The number of benzene rings is 4. The highest BCUT2D eigenvalue weighted by molar-refractivity contribution is 5.99. The van der Waals surface area contributed by atoms with Gasteiger partial charge in [-0.05, 0) is 164 Å². The number of nitrogens with zero attached hydrogens (tertiary/aromatic N) is 2. The number of hydrogen-bond acceptors (Lipinski definition) is 4. The summed E-state index contributed by atoms with van der Waals surface area (Å²) in [6.45, 7) is 19.4. The van der Waals surface area contributed by atoms with Crippen molar-refractivity contribution in [3.8, 4) is 0 Å². The lowest BCUT2D eigenvalue weighted by molar-refractivity contribution is -0.203. The standard InChI is InChI=1S/C48H62N2O2/c1-43(2)23-13-24-44(3,4)49(43)38-21-19-35(31-15-9-11-17-33(31)38)40-37-29-48(40,30-51)47(27-28-47)41(42(37)52)36-20-22-39(34-18-12-10-16-32(34)36)50-45(5,6)25-14-26-46(50,7)8/h9-12,15-22,37,40-42,51-52H,13-14,23-30H2,1-8H3/t37?,40?,41?,42-,48?/m0/s1. The summed E-state index contributed by atoms with van der Waals surface area (Å²) in [5.41, 5.74) is 5.12. The molecule has 4 aromatic rings. The van der Waals surface area contributed by atoms with Crippen LogP contribution in [0.4, 0.5) is 11.4 Å². The molecule has 10 rings (SSSR count). The molecule has 4 nitrogen and oxygen atoms in total. The van der Waals surface area contributed by atoms with Gasteiger partial charge in [0, 0.05) is 62.2 Å². The molecule has 0 amide bonds. The first-order valence-electron chi connectivity index (χ1n) is 20.5. The lowest BCUT2D eigenvalue weighted by Gasteiger charge is -2.68. The SMILES string of the molecule is CC1(C)CCCC(C)(C)N1c1ccc(C2C3CC2(CO)C2(CC2)C(c2ccc(N4C(C)(C)CCCC4(C)C)c4ccccc24)[C@H]3O)c2ccccc12. The molecule has 4 unspecified atom stereocenters. The van der Waals surface area contributed by atoms with Crippen molar-refractivity contribution in [3.63, 3.8) is 0 Å². The predicted octanol–water partition coefficient (Wildman–Crippen LogP) is 11.1. The predicted molar refractivity (Wildman–Crippen MR) is 218 cm³/mol. The molecule has 6 fully saturated rings. The van der Waals surface area contributed by atoms with Crippen LogP contribution in [0.2, 0.25) is 0 Å². The fourth-order valence-corrected chi connectivity index (χ4v) is 13.7. The van der Waals surface area contributed by atoms with Gasteiger partial charge in [-0.25, -0.2) is 0 Å². The number of rotatable bonds is 5. The second kappa shape index (κ2) is 11.2. The maximum absolute atomic E-state index is 12.8. The van der Waals surface area contributed by atoms with Crippen molar-refractivity contribution >= 4 is 32.9 Å². The zero-order chi connectivity index (χ0) is 36.6. The first-order valence-corrected chi connectivity index (χ1v) is 20.5. The molecule has 52 heavy (non-hydrogen) atoms. The Kier molecular flexibility index (Phi) is 7.49. The van der Waals surface area contributed by atoms with Crippen LogP contribution in [0, 0.1) is 16.7 Å². The van der Waals surface area contributed by atoms with Crippen molar-refractivity contribution in [2.45, 2.75) is 153 Å². The van der Waals surface area contributed by atoms with Gasteiger partial charge in [0.05, 0.1) is 6.10 Å². The molecule has 2 bridgehead atoms. The van der Waals surface area contributed by atoms with Crippen molar-refractivity contribution in [3.05, 3.63) is 83.9 Å². The topological polar surface area (TPSA) is 46.9 Å². The molecule has 2 aliphatic heterocycles. The largest absolute Gasteiger partial charge is 0.396 e. The molecule has 4 aliphatic carbocycles. The summed E-state index contributed by atoms with van der Waals surface area (Å²) < 4.78 is 0. The molecule has 4 saturated carbocycles. The summed E-state index contributed by atoms with van der Waals surface area (Å²) in [4.78, 5) is 5.40. The maximum atomic E-state index is 12.8. The lowest BCUT2D eigenvalue weighted by atomic mass is 9.36. The highest BCUT2D eigenvalue weighted by Crippen LogP contribution is 2.83. The summed E-state index contributed by atoms with van der Waals surface area (Å²) in [5.74, 6) is 0.253. The molecule has 2 N–H and O–H groups in total. The van der Waals surface area contributed by atoms with Crippen LogP contribution in [0.3, 0.4) is 0 Å². The first-order chi connectivity index (χ1) is 24.6. The Bertz CT molecular complexity index is 2020. The number of fused-ring (bicyclic) bond motifs is 3. The fourth-order valence-electron chi connectivity index (χ4n) is 13.7. The Morgan fingerprint density at radius 1 is 0.538 bits per heavy atom. The van der Waals surface area contributed by atoms with Gasteiger partial charge in [0.25, 0.3) is 0 Å². The normalized spacial score (nSPS) is 32.2. The summed E-state index contributed by atoms with van der Waals surface area (Å²) in [6, 6.07) is 27.6. The van der Waals surface area contributed by atoms with Gasteiger partial charge in [-0.1, -0.05) is 60.7 Å². The quantitative estimate of drug-likeness (QED) is 0.218. The van der Waals surface area contributed by atoms with Gasteiger partial charge in [0.1, 0.15) is 0 Å². The Balaban J connectivity index is 1.16. The Morgan fingerprint density at radius 2 is 0.942 bits per heavy atom. The van der Waals surface area contributed by atoms with Gasteiger partial charge in [-0.2, -0.15) is 0 Å². The van der Waals surface area contributed by atoms with Crippen LogP contribution in [-0.2, 0) is 0 Å². The van der Waals surface area contributed by atoms with Crippen LogP contribution in [0.15, 0.2) is 72.8 Å². The van der Waals surface area contributed by atoms with E-state index >= 15 is 0 Å². The van der Waals surface area contributed by atoms with Gasteiger partial charge in [-0.3, -0.25) is 0 Å². The summed E-state index contributed by atoms with van der Waals surface area (Å²) in [6.07, 6.45) is 9.81. The van der Waals surface area contributed by atoms with E-state index in [0.717, 1.165) is 19.3 Å². The van der Waals surface area contributed by atoms with Crippen molar-refractivity contribution in [2.24, 2.45) is 16.7 Å². The van der Waals surface area contributed by atoms with Crippen LogP contribution in [0.1, 0.15) is 136 Å². The number of aliphatic hydroxyl groups is 2. The van der Waals surface area contributed by atoms with Crippen molar-refractivity contribution < 1.29 is 10.2 Å². The zero-order valence-electron chi connectivity index (χ0n) is 33.1. The van der Waals surface area contributed by atoms with Crippen LogP contribution in [0.25, 0.3) is 21.5 Å². The maximum Gasteiger partial charge on any atom is 0.0648 e. The monoisotopic (exact) mass is 698 g/mol. The summed E-state index contributed by atoms with van der Waals surface area (Å²) in [5, 5.41) is 29.6. The minimum atomic E-state index is -0.462. The minimum absolute atomic E-state index is 0.0106. The molecule has 5 atom stereocenters.